The number of nitrogens with zero attached hydrogens (tertiary/aromatic N) is 2. The summed E-state index contributed by atoms with van der Waals surface area (Å²) >= 11 is 0. The van der Waals surface area contributed by atoms with Gasteiger partial charge in [-0.2, -0.15) is 0 Å². The van der Waals surface area contributed by atoms with E-state index in [4.69, 9.17) is 0 Å². The second-order valence-electron chi connectivity index (χ2n) is 4.24. The van der Waals surface area contributed by atoms with E-state index < -0.39 is 0 Å². The maximum absolute atomic E-state index is 12.2. The molecule has 3 rings (SSSR count). The summed E-state index contributed by atoms with van der Waals surface area (Å²) in [5.41, 5.74) is 1.93. The van der Waals surface area contributed by atoms with E-state index in [1.807, 2.05) is 25.1 Å². The van der Waals surface area contributed by atoms with Crippen LogP contribution in [0.15, 0.2) is 29.3 Å². The molecule has 0 atom stereocenters. The van der Waals surface area contributed by atoms with Crippen molar-refractivity contribution in [1.82, 2.24) is 14.9 Å². The standard InChI is InChI=1S/C12H13N3O/c1-8-3-2-4-10-11(8)14-7-15(12(10)16)9-5-13-6-9/h2-4,7,9,13H,5-6H2,1H3. The summed E-state index contributed by atoms with van der Waals surface area (Å²) in [5, 5.41) is 3.88. The van der Waals surface area contributed by atoms with Crippen molar-refractivity contribution in [2.45, 2.75) is 13.0 Å². The lowest BCUT2D eigenvalue weighted by Gasteiger charge is -2.28. The molecule has 16 heavy (non-hydrogen) atoms. The summed E-state index contributed by atoms with van der Waals surface area (Å²) in [7, 11) is 0. The maximum Gasteiger partial charge on any atom is 0.261 e. The molecule has 0 unspecified atom stereocenters. The molecule has 2 aromatic rings. The molecule has 1 fully saturated rings. The van der Waals surface area contributed by atoms with Crippen LogP contribution in [0, 0.1) is 6.92 Å². The third-order valence-corrected chi connectivity index (χ3v) is 3.17. The summed E-state index contributed by atoms with van der Waals surface area (Å²) < 4.78 is 1.73. The second-order valence-corrected chi connectivity index (χ2v) is 4.24. The molecule has 1 aromatic heterocycles. The molecule has 0 aliphatic carbocycles. The summed E-state index contributed by atoms with van der Waals surface area (Å²) in [6.45, 7) is 3.70. The van der Waals surface area contributed by atoms with Crippen LogP contribution in [0.25, 0.3) is 10.9 Å². The van der Waals surface area contributed by atoms with E-state index in [0.29, 0.717) is 0 Å². The normalized spacial score (nSPS) is 16.3. The molecule has 1 aliphatic rings. The quantitative estimate of drug-likeness (QED) is 0.767. The lowest BCUT2D eigenvalue weighted by atomic mass is 10.1. The SMILES string of the molecule is Cc1cccc2c(=O)n(C3CNC3)cnc12. The zero-order valence-electron chi connectivity index (χ0n) is 9.10. The van der Waals surface area contributed by atoms with Gasteiger partial charge >= 0.3 is 0 Å². The van der Waals surface area contributed by atoms with Gasteiger partial charge < -0.3 is 5.32 Å². The van der Waals surface area contributed by atoms with Gasteiger partial charge in [0.05, 0.1) is 23.3 Å². The van der Waals surface area contributed by atoms with Crippen LogP contribution in [-0.2, 0) is 0 Å². The Labute approximate surface area is 92.9 Å². The summed E-state index contributed by atoms with van der Waals surface area (Å²) in [6.07, 6.45) is 1.67. The molecule has 1 aliphatic heterocycles. The molecule has 1 saturated heterocycles. The van der Waals surface area contributed by atoms with Gasteiger partial charge in [0.2, 0.25) is 0 Å². The lowest BCUT2D eigenvalue weighted by molar-refractivity contribution is 0.334. The Morgan fingerprint density at radius 2 is 2.25 bits per heavy atom. The van der Waals surface area contributed by atoms with Crippen molar-refractivity contribution < 1.29 is 0 Å². The van der Waals surface area contributed by atoms with Crippen molar-refractivity contribution in [3.05, 3.63) is 40.4 Å². The van der Waals surface area contributed by atoms with Crippen LogP contribution < -0.4 is 10.9 Å². The molecular formula is C12H13N3O. The largest absolute Gasteiger partial charge is 0.313 e. The topological polar surface area (TPSA) is 46.9 Å². The molecule has 4 heteroatoms. The molecule has 0 spiro atoms. The van der Waals surface area contributed by atoms with Gasteiger partial charge in [0.25, 0.3) is 5.56 Å². The number of benzene rings is 1. The molecule has 0 bridgehead atoms. The van der Waals surface area contributed by atoms with E-state index in [-0.39, 0.29) is 11.6 Å². The molecule has 1 aromatic carbocycles. The van der Waals surface area contributed by atoms with Gasteiger partial charge in [-0.25, -0.2) is 4.98 Å². The molecule has 0 saturated carbocycles. The van der Waals surface area contributed by atoms with Crippen LogP contribution in [0.1, 0.15) is 11.6 Å². The fourth-order valence-electron chi connectivity index (χ4n) is 2.04. The number of nitrogens with one attached hydrogen (secondary N) is 1. The monoisotopic (exact) mass is 215 g/mol. The fourth-order valence-corrected chi connectivity index (χ4v) is 2.04. The highest BCUT2D eigenvalue weighted by Crippen LogP contribution is 2.14. The van der Waals surface area contributed by atoms with E-state index in [9.17, 15) is 4.79 Å². The van der Waals surface area contributed by atoms with E-state index in [1.54, 1.807) is 10.9 Å². The Morgan fingerprint density at radius 1 is 1.44 bits per heavy atom. The van der Waals surface area contributed by atoms with Crippen molar-refractivity contribution in [2.75, 3.05) is 13.1 Å². The number of hydrogen-bond acceptors (Lipinski definition) is 3. The first-order chi connectivity index (χ1) is 7.77. The molecular weight excluding hydrogens is 202 g/mol. The highest BCUT2D eigenvalue weighted by molar-refractivity contribution is 5.80. The number of hydrogen-bond donors (Lipinski definition) is 1. The second kappa shape index (κ2) is 3.42. The van der Waals surface area contributed by atoms with Crippen LogP contribution in [-0.4, -0.2) is 22.6 Å². The minimum Gasteiger partial charge on any atom is -0.313 e. The average molecular weight is 215 g/mol. The lowest BCUT2D eigenvalue weighted by Crippen LogP contribution is -2.46. The minimum atomic E-state index is 0.0696. The van der Waals surface area contributed by atoms with Gasteiger partial charge in [-0.05, 0) is 18.6 Å². The summed E-state index contributed by atoms with van der Waals surface area (Å²) in [4.78, 5) is 16.6. The van der Waals surface area contributed by atoms with Gasteiger partial charge in [-0.1, -0.05) is 12.1 Å². The molecule has 4 nitrogen and oxygen atoms in total. The van der Waals surface area contributed by atoms with Gasteiger partial charge in [-0.15, -0.1) is 0 Å². The number of para-hydroxylation sites is 1. The molecule has 82 valence electrons. The highest BCUT2D eigenvalue weighted by atomic mass is 16.1. The van der Waals surface area contributed by atoms with Crippen LogP contribution in [0.2, 0.25) is 0 Å². The smallest absolute Gasteiger partial charge is 0.261 e. The predicted octanol–water partition coefficient (Wildman–Crippen LogP) is 0.849. The Bertz CT molecular complexity index is 599. The first-order valence-corrected chi connectivity index (χ1v) is 5.44. The molecule has 1 N–H and O–H groups in total. The van der Waals surface area contributed by atoms with Crippen LogP contribution in [0.4, 0.5) is 0 Å². The van der Waals surface area contributed by atoms with E-state index in [1.165, 1.54) is 0 Å². The first-order valence-electron chi connectivity index (χ1n) is 5.44. The number of fused-ring (bicyclic) bond motifs is 1. The average Bonchev–Trinajstić information content (AvgIpc) is 2.20. The van der Waals surface area contributed by atoms with Crippen molar-refractivity contribution in [1.29, 1.82) is 0 Å². The van der Waals surface area contributed by atoms with Crippen LogP contribution in [0.3, 0.4) is 0 Å². The Balaban J connectivity index is 2.27. The van der Waals surface area contributed by atoms with Gasteiger partial charge in [0.15, 0.2) is 0 Å². The van der Waals surface area contributed by atoms with Gasteiger partial charge in [0.1, 0.15) is 0 Å². The first kappa shape index (κ1) is 9.54. The third-order valence-electron chi connectivity index (χ3n) is 3.17. The van der Waals surface area contributed by atoms with Crippen LogP contribution >= 0.6 is 0 Å². The molecule has 2 heterocycles. The fraction of sp³-hybridized carbons (Fsp3) is 0.333. The molecule has 0 amide bonds. The van der Waals surface area contributed by atoms with Crippen molar-refractivity contribution in [3.8, 4) is 0 Å². The molecule has 0 radical (unpaired) electrons. The predicted molar refractivity (Wildman–Crippen MR) is 62.6 cm³/mol. The zero-order valence-corrected chi connectivity index (χ0v) is 9.10. The maximum atomic E-state index is 12.2. The Kier molecular flexibility index (Phi) is 2.04. The van der Waals surface area contributed by atoms with Gasteiger partial charge in [0, 0.05) is 13.1 Å². The Morgan fingerprint density at radius 3 is 2.94 bits per heavy atom. The van der Waals surface area contributed by atoms with E-state index >= 15 is 0 Å². The van der Waals surface area contributed by atoms with Crippen molar-refractivity contribution in [2.24, 2.45) is 0 Å². The van der Waals surface area contributed by atoms with Gasteiger partial charge in [-0.3, -0.25) is 9.36 Å². The van der Waals surface area contributed by atoms with E-state index in [2.05, 4.69) is 10.3 Å². The summed E-state index contributed by atoms with van der Waals surface area (Å²) in [6, 6.07) is 6.00. The van der Waals surface area contributed by atoms with Crippen molar-refractivity contribution >= 4 is 10.9 Å². The number of rotatable bonds is 1. The highest BCUT2D eigenvalue weighted by Gasteiger charge is 2.20. The number of aryl methyl sites for hydroxylation is 1. The van der Waals surface area contributed by atoms with Crippen molar-refractivity contribution in [3.63, 3.8) is 0 Å². The minimum absolute atomic E-state index is 0.0696. The number of aromatic nitrogens is 2. The third kappa shape index (κ3) is 1.27. The zero-order chi connectivity index (χ0) is 11.1. The van der Waals surface area contributed by atoms with E-state index in [0.717, 1.165) is 29.6 Å². The summed E-state index contributed by atoms with van der Waals surface area (Å²) in [5.74, 6) is 0. The van der Waals surface area contributed by atoms with Crippen LogP contribution in [0.5, 0.6) is 0 Å². The Hall–Kier alpha value is -1.68.